The van der Waals surface area contributed by atoms with Crippen LogP contribution in [-0.4, -0.2) is 41.5 Å². The zero-order chi connectivity index (χ0) is 14.1. The van der Waals surface area contributed by atoms with Gasteiger partial charge >= 0.3 is 0 Å². The summed E-state index contributed by atoms with van der Waals surface area (Å²) in [6, 6.07) is 0.271. The van der Waals surface area contributed by atoms with E-state index in [2.05, 4.69) is 17.2 Å². The second-order valence-corrected chi connectivity index (χ2v) is 7.03. The number of aromatic nitrogens is 1. The zero-order valence-corrected chi connectivity index (χ0v) is 13.1. The number of piperazine rings is 1. The minimum Gasteiger partial charge on any atom is -0.333 e. The van der Waals surface area contributed by atoms with Crippen molar-refractivity contribution in [2.24, 2.45) is 0 Å². The standard InChI is InChI=1S/C15H23N3OS/c1-10-9-16-7-8-18(10)15(19)13-11(2)17-14(20-13)12-5-3-4-6-12/h10,12,16H,3-9H2,1-2H3. The number of rotatable bonds is 2. The van der Waals surface area contributed by atoms with Crippen LogP contribution >= 0.6 is 11.3 Å². The van der Waals surface area contributed by atoms with E-state index in [4.69, 9.17) is 0 Å². The Bertz CT molecular complexity index is 493. The smallest absolute Gasteiger partial charge is 0.266 e. The number of carbonyl (C=O) groups excluding carboxylic acids is 1. The molecule has 0 spiro atoms. The van der Waals surface area contributed by atoms with Gasteiger partial charge in [-0.15, -0.1) is 11.3 Å². The number of amides is 1. The first kappa shape index (κ1) is 14.0. The third-order valence-electron chi connectivity index (χ3n) is 4.47. The van der Waals surface area contributed by atoms with Gasteiger partial charge in [-0.1, -0.05) is 12.8 Å². The van der Waals surface area contributed by atoms with Crippen LogP contribution < -0.4 is 5.32 Å². The number of hydrogen-bond acceptors (Lipinski definition) is 4. The van der Waals surface area contributed by atoms with Gasteiger partial charge in [-0.25, -0.2) is 4.98 Å². The maximum absolute atomic E-state index is 12.7. The van der Waals surface area contributed by atoms with Crippen molar-refractivity contribution in [3.8, 4) is 0 Å². The molecule has 0 bridgehead atoms. The van der Waals surface area contributed by atoms with Crippen LogP contribution in [0.2, 0.25) is 0 Å². The van der Waals surface area contributed by atoms with Crippen molar-refractivity contribution in [3.05, 3.63) is 15.6 Å². The van der Waals surface area contributed by atoms with Crippen molar-refractivity contribution < 1.29 is 4.79 Å². The monoisotopic (exact) mass is 293 g/mol. The Morgan fingerprint density at radius 3 is 2.85 bits per heavy atom. The Hall–Kier alpha value is -0.940. The number of hydrogen-bond donors (Lipinski definition) is 1. The van der Waals surface area contributed by atoms with E-state index < -0.39 is 0 Å². The van der Waals surface area contributed by atoms with Gasteiger partial charge in [0.1, 0.15) is 4.88 Å². The van der Waals surface area contributed by atoms with E-state index in [-0.39, 0.29) is 11.9 Å². The maximum atomic E-state index is 12.7. The van der Waals surface area contributed by atoms with Crippen LogP contribution in [0.15, 0.2) is 0 Å². The van der Waals surface area contributed by atoms with E-state index in [1.165, 1.54) is 30.7 Å². The minimum absolute atomic E-state index is 0.179. The lowest BCUT2D eigenvalue weighted by Gasteiger charge is -2.33. The molecular weight excluding hydrogens is 270 g/mol. The molecule has 4 nitrogen and oxygen atoms in total. The Kier molecular flexibility index (Phi) is 4.08. The summed E-state index contributed by atoms with van der Waals surface area (Å²) in [6.07, 6.45) is 5.10. The largest absolute Gasteiger partial charge is 0.333 e. The lowest BCUT2D eigenvalue weighted by molar-refractivity contribution is 0.0660. The van der Waals surface area contributed by atoms with Gasteiger partial charge in [-0.2, -0.15) is 0 Å². The molecule has 1 aliphatic carbocycles. The molecule has 1 saturated heterocycles. The summed E-state index contributed by atoms with van der Waals surface area (Å²) >= 11 is 1.64. The predicted molar refractivity (Wildman–Crippen MR) is 81.4 cm³/mol. The first-order chi connectivity index (χ1) is 9.66. The number of aryl methyl sites for hydroxylation is 1. The van der Waals surface area contributed by atoms with Crippen LogP contribution in [0.5, 0.6) is 0 Å². The van der Waals surface area contributed by atoms with E-state index in [0.29, 0.717) is 5.92 Å². The maximum Gasteiger partial charge on any atom is 0.266 e. The summed E-state index contributed by atoms with van der Waals surface area (Å²) in [4.78, 5) is 20.3. The molecule has 1 aromatic heterocycles. The average Bonchev–Trinajstić information content (AvgIpc) is 3.07. The van der Waals surface area contributed by atoms with Gasteiger partial charge in [0.25, 0.3) is 5.91 Å². The predicted octanol–water partition coefficient (Wildman–Crippen LogP) is 2.54. The van der Waals surface area contributed by atoms with Gasteiger partial charge in [0.15, 0.2) is 0 Å². The van der Waals surface area contributed by atoms with Gasteiger partial charge in [-0.3, -0.25) is 4.79 Å². The molecule has 2 aliphatic rings. The Morgan fingerprint density at radius 1 is 1.40 bits per heavy atom. The van der Waals surface area contributed by atoms with E-state index >= 15 is 0 Å². The summed E-state index contributed by atoms with van der Waals surface area (Å²) in [5, 5.41) is 4.52. The summed E-state index contributed by atoms with van der Waals surface area (Å²) < 4.78 is 0. The van der Waals surface area contributed by atoms with Crippen molar-refractivity contribution in [2.45, 2.75) is 51.5 Å². The van der Waals surface area contributed by atoms with E-state index in [9.17, 15) is 4.79 Å². The molecule has 20 heavy (non-hydrogen) atoms. The molecule has 110 valence electrons. The van der Waals surface area contributed by atoms with Crippen LogP contribution in [-0.2, 0) is 0 Å². The molecule has 1 aliphatic heterocycles. The van der Waals surface area contributed by atoms with Crippen LogP contribution in [0.1, 0.15) is 58.9 Å². The van der Waals surface area contributed by atoms with Gasteiger partial charge in [-0.05, 0) is 26.7 Å². The van der Waals surface area contributed by atoms with Crippen LogP contribution in [0.4, 0.5) is 0 Å². The average molecular weight is 293 g/mol. The first-order valence-corrected chi connectivity index (χ1v) is 8.47. The highest BCUT2D eigenvalue weighted by molar-refractivity contribution is 7.13. The number of thiazole rings is 1. The van der Waals surface area contributed by atoms with E-state index in [0.717, 1.165) is 30.2 Å². The Labute approximate surface area is 124 Å². The molecule has 5 heteroatoms. The van der Waals surface area contributed by atoms with Crippen LogP contribution in [0.25, 0.3) is 0 Å². The van der Waals surface area contributed by atoms with E-state index in [1.54, 1.807) is 11.3 Å². The van der Waals surface area contributed by atoms with Gasteiger partial charge in [0.05, 0.1) is 10.7 Å². The fourth-order valence-electron chi connectivity index (χ4n) is 3.24. The lowest BCUT2D eigenvalue weighted by atomic mass is 10.1. The number of nitrogens with one attached hydrogen (secondary N) is 1. The number of carbonyl (C=O) groups is 1. The molecule has 1 atom stereocenters. The van der Waals surface area contributed by atoms with Gasteiger partial charge < -0.3 is 10.2 Å². The van der Waals surface area contributed by atoms with Crippen molar-refractivity contribution in [1.29, 1.82) is 0 Å². The molecule has 0 aromatic carbocycles. The van der Waals surface area contributed by atoms with Gasteiger partial charge in [0.2, 0.25) is 0 Å². The van der Waals surface area contributed by atoms with Crippen molar-refractivity contribution in [3.63, 3.8) is 0 Å². The van der Waals surface area contributed by atoms with Crippen molar-refractivity contribution >= 4 is 17.2 Å². The van der Waals surface area contributed by atoms with Crippen LogP contribution in [0, 0.1) is 6.92 Å². The third kappa shape index (κ3) is 2.61. The normalized spacial score (nSPS) is 24.3. The summed E-state index contributed by atoms with van der Waals surface area (Å²) in [7, 11) is 0. The lowest BCUT2D eigenvalue weighted by Crippen LogP contribution is -2.52. The molecule has 1 unspecified atom stereocenters. The highest BCUT2D eigenvalue weighted by atomic mass is 32.1. The third-order valence-corrected chi connectivity index (χ3v) is 5.78. The Balaban J connectivity index is 1.80. The fourth-order valence-corrected chi connectivity index (χ4v) is 4.43. The fraction of sp³-hybridized carbons (Fsp3) is 0.733. The minimum atomic E-state index is 0.179. The highest BCUT2D eigenvalue weighted by Gasteiger charge is 2.29. The first-order valence-electron chi connectivity index (χ1n) is 7.66. The summed E-state index contributed by atoms with van der Waals surface area (Å²) in [5.74, 6) is 0.777. The molecule has 1 amide bonds. The molecular formula is C15H23N3OS. The summed E-state index contributed by atoms with van der Waals surface area (Å²) in [6.45, 7) is 6.67. The van der Waals surface area contributed by atoms with Crippen molar-refractivity contribution in [2.75, 3.05) is 19.6 Å². The van der Waals surface area contributed by atoms with Crippen LogP contribution in [0.3, 0.4) is 0 Å². The van der Waals surface area contributed by atoms with Gasteiger partial charge in [0, 0.05) is 31.6 Å². The molecule has 1 saturated carbocycles. The zero-order valence-electron chi connectivity index (χ0n) is 12.3. The molecule has 1 N–H and O–H groups in total. The van der Waals surface area contributed by atoms with E-state index in [1.807, 2.05) is 11.8 Å². The number of nitrogens with zero attached hydrogens (tertiary/aromatic N) is 2. The quantitative estimate of drug-likeness (QED) is 0.911. The molecule has 0 radical (unpaired) electrons. The topological polar surface area (TPSA) is 45.2 Å². The molecule has 2 fully saturated rings. The Morgan fingerprint density at radius 2 is 2.15 bits per heavy atom. The second kappa shape index (κ2) is 5.82. The SMILES string of the molecule is Cc1nc(C2CCCC2)sc1C(=O)N1CCNCC1C. The highest BCUT2D eigenvalue weighted by Crippen LogP contribution is 2.37. The summed E-state index contributed by atoms with van der Waals surface area (Å²) in [5.41, 5.74) is 0.924. The van der Waals surface area contributed by atoms with Crippen molar-refractivity contribution in [1.82, 2.24) is 15.2 Å². The molecule has 3 rings (SSSR count). The second-order valence-electron chi connectivity index (χ2n) is 6.00. The molecule has 1 aromatic rings. The molecule has 2 heterocycles.